The van der Waals surface area contributed by atoms with E-state index in [-0.39, 0.29) is 18.4 Å². The number of nitrogens with zero attached hydrogens (tertiary/aromatic N) is 2. The first-order valence-electron chi connectivity index (χ1n) is 9.80. The Morgan fingerprint density at radius 3 is 2.48 bits per heavy atom. The maximum Gasteiger partial charge on any atom is 0.254 e. The van der Waals surface area contributed by atoms with Crippen molar-refractivity contribution in [2.45, 2.75) is 26.8 Å². The fraction of sp³-hybridized carbons (Fsp3) is 0.391. The second-order valence-corrected chi connectivity index (χ2v) is 7.32. The minimum atomic E-state index is -0.211. The Morgan fingerprint density at radius 1 is 1.10 bits per heavy atom. The Hall–Kier alpha value is -2.86. The standard InChI is InChI=1S/C23H31N3O3/c1-6-12-26(23(28)18-9-7-8-17(2)13-18)15-19-14-20(24-22(27)16-29-5)10-11-21(19)25(3)4/h7-11,13-14H,6,12,15-16H2,1-5H3,(H,24,27). The summed E-state index contributed by atoms with van der Waals surface area (Å²) in [4.78, 5) is 28.9. The van der Waals surface area contributed by atoms with Gasteiger partial charge in [0.2, 0.25) is 5.91 Å². The van der Waals surface area contributed by atoms with Crippen LogP contribution >= 0.6 is 0 Å². The number of rotatable bonds is 9. The van der Waals surface area contributed by atoms with Crippen LogP contribution < -0.4 is 10.2 Å². The van der Waals surface area contributed by atoms with Crippen LogP contribution in [0.2, 0.25) is 0 Å². The fourth-order valence-corrected chi connectivity index (χ4v) is 3.24. The van der Waals surface area contributed by atoms with Crippen molar-refractivity contribution >= 4 is 23.2 Å². The Labute approximate surface area is 173 Å². The molecule has 0 spiro atoms. The summed E-state index contributed by atoms with van der Waals surface area (Å²) in [5.41, 5.74) is 4.41. The number of ether oxygens (including phenoxy) is 1. The van der Waals surface area contributed by atoms with E-state index in [0.29, 0.717) is 24.3 Å². The molecular formula is C23H31N3O3. The van der Waals surface area contributed by atoms with Gasteiger partial charge in [0.1, 0.15) is 6.61 Å². The molecule has 6 heteroatoms. The minimum absolute atomic E-state index is 0.00142. The lowest BCUT2D eigenvalue weighted by Crippen LogP contribution is -2.32. The Bertz CT molecular complexity index is 849. The highest BCUT2D eigenvalue weighted by Gasteiger charge is 2.18. The highest BCUT2D eigenvalue weighted by atomic mass is 16.5. The summed E-state index contributed by atoms with van der Waals surface area (Å²) in [5, 5.41) is 2.84. The number of benzene rings is 2. The molecule has 2 amide bonds. The van der Waals surface area contributed by atoms with Crippen LogP contribution in [0.1, 0.15) is 34.8 Å². The highest BCUT2D eigenvalue weighted by molar-refractivity contribution is 5.94. The van der Waals surface area contributed by atoms with Gasteiger partial charge in [-0.15, -0.1) is 0 Å². The monoisotopic (exact) mass is 397 g/mol. The van der Waals surface area contributed by atoms with Crippen LogP contribution in [0.5, 0.6) is 0 Å². The van der Waals surface area contributed by atoms with E-state index in [9.17, 15) is 9.59 Å². The van der Waals surface area contributed by atoms with Crippen molar-refractivity contribution in [3.05, 3.63) is 59.2 Å². The summed E-state index contributed by atoms with van der Waals surface area (Å²) >= 11 is 0. The summed E-state index contributed by atoms with van der Waals surface area (Å²) in [6.45, 7) is 5.16. The second kappa shape index (κ2) is 10.6. The van der Waals surface area contributed by atoms with Crippen LogP contribution in [-0.2, 0) is 16.1 Å². The van der Waals surface area contributed by atoms with E-state index >= 15 is 0 Å². The van der Waals surface area contributed by atoms with Crippen molar-refractivity contribution in [1.29, 1.82) is 0 Å². The highest BCUT2D eigenvalue weighted by Crippen LogP contribution is 2.25. The molecule has 0 radical (unpaired) electrons. The first kappa shape index (κ1) is 22.4. The summed E-state index contributed by atoms with van der Waals surface area (Å²) in [7, 11) is 5.42. The Balaban J connectivity index is 2.33. The first-order chi connectivity index (χ1) is 13.8. The molecule has 0 aliphatic heterocycles. The number of nitrogens with one attached hydrogen (secondary N) is 1. The molecule has 0 aromatic heterocycles. The van der Waals surface area contributed by atoms with E-state index in [0.717, 1.165) is 23.2 Å². The molecule has 0 aliphatic rings. The molecule has 1 N–H and O–H groups in total. The van der Waals surface area contributed by atoms with Crippen LogP contribution in [0, 0.1) is 6.92 Å². The van der Waals surface area contributed by atoms with E-state index in [1.165, 1.54) is 7.11 Å². The van der Waals surface area contributed by atoms with Gasteiger partial charge in [0, 0.05) is 51.2 Å². The van der Waals surface area contributed by atoms with Gasteiger partial charge in [0.05, 0.1) is 0 Å². The lowest BCUT2D eigenvalue weighted by Gasteiger charge is -2.26. The van der Waals surface area contributed by atoms with Crippen LogP contribution in [0.4, 0.5) is 11.4 Å². The molecule has 0 heterocycles. The molecular weight excluding hydrogens is 366 g/mol. The van der Waals surface area contributed by atoms with Crippen LogP contribution in [0.15, 0.2) is 42.5 Å². The molecule has 2 aromatic carbocycles. The molecule has 29 heavy (non-hydrogen) atoms. The van der Waals surface area contributed by atoms with Crippen molar-refractivity contribution in [1.82, 2.24) is 4.90 Å². The molecule has 2 aromatic rings. The van der Waals surface area contributed by atoms with Gasteiger partial charge >= 0.3 is 0 Å². The molecule has 0 saturated heterocycles. The number of anilines is 2. The van der Waals surface area contributed by atoms with Crippen molar-refractivity contribution in [2.75, 3.05) is 44.6 Å². The minimum Gasteiger partial charge on any atom is -0.377 e. The van der Waals surface area contributed by atoms with Gasteiger partial charge in [0.15, 0.2) is 0 Å². The van der Waals surface area contributed by atoms with Crippen molar-refractivity contribution < 1.29 is 14.3 Å². The molecule has 0 atom stereocenters. The van der Waals surface area contributed by atoms with Gasteiger partial charge in [-0.2, -0.15) is 0 Å². The van der Waals surface area contributed by atoms with Gasteiger partial charge < -0.3 is 19.9 Å². The SMILES string of the molecule is CCCN(Cc1cc(NC(=O)COC)ccc1N(C)C)C(=O)c1cccc(C)c1. The fourth-order valence-electron chi connectivity index (χ4n) is 3.24. The summed E-state index contributed by atoms with van der Waals surface area (Å²) in [6, 6.07) is 13.4. The van der Waals surface area contributed by atoms with E-state index in [4.69, 9.17) is 4.74 Å². The zero-order valence-electron chi connectivity index (χ0n) is 18.0. The average molecular weight is 398 g/mol. The topological polar surface area (TPSA) is 61.9 Å². The predicted molar refractivity (Wildman–Crippen MR) is 117 cm³/mol. The lowest BCUT2D eigenvalue weighted by atomic mass is 10.1. The maximum atomic E-state index is 13.1. The van der Waals surface area contributed by atoms with Crippen molar-refractivity contribution in [3.63, 3.8) is 0 Å². The number of carbonyl (C=O) groups excluding carboxylic acids is 2. The average Bonchev–Trinajstić information content (AvgIpc) is 2.67. The summed E-state index contributed by atoms with van der Waals surface area (Å²) < 4.78 is 4.88. The smallest absolute Gasteiger partial charge is 0.254 e. The molecule has 0 unspecified atom stereocenters. The van der Waals surface area contributed by atoms with E-state index in [1.807, 2.05) is 73.3 Å². The molecule has 2 rings (SSSR count). The van der Waals surface area contributed by atoms with Gasteiger partial charge in [-0.3, -0.25) is 9.59 Å². The Kier molecular flexibility index (Phi) is 8.21. The van der Waals surface area contributed by atoms with Crippen LogP contribution in [0.3, 0.4) is 0 Å². The molecule has 0 bridgehead atoms. The second-order valence-electron chi connectivity index (χ2n) is 7.32. The lowest BCUT2D eigenvalue weighted by molar-refractivity contribution is -0.119. The number of carbonyl (C=O) groups is 2. The Morgan fingerprint density at radius 2 is 1.86 bits per heavy atom. The normalized spacial score (nSPS) is 10.5. The predicted octanol–water partition coefficient (Wildman–Crippen LogP) is 3.70. The molecule has 0 saturated carbocycles. The quantitative estimate of drug-likeness (QED) is 0.701. The molecule has 6 nitrogen and oxygen atoms in total. The number of hydrogen-bond acceptors (Lipinski definition) is 4. The zero-order valence-corrected chi connectivity index (χ0v) is 18.0. The van der Waals surface area contributed by atoms with Crippen LogP contribution in [-0.4, -0.2) is 51.1 Å². The molecule has 0 aliphatic carbocycles. The third-order valence-electron chi connectivity index (χ3n) is 4.53. The van der Waals surface area contributed by atoms with Gasteiger partial charge in [-0.05, 0) is 49.2 Å². The summed E-state index contributed by atoms with van der Waals surface area (Å²) in [5.74, 6) is -0.202. The van der Waals surface area contributed by atoms with E-state index in [1.54, 1.807) is 0 Å². The molecule has 156 valence electrons. The van der Waals surface area contributed by atoms with Gasteiger partial charge in [-0.25, -0.2) is 0 Å². The van der Waals surface area contributed by atoms with E-state index < -0.39 is 0 Å². The maximum absolute atomic E-state index is 13.1. The number of methoxy groups -OCH3 is 1. The third-order valence-corrected chi connectivity index (χ3v) is 4.53. The first-order valence-corrected chi connectivity index (χ1v) is 9.80. The van der Waals surface area contributed by atoms with Gasteiger partial charge in [0.25, 0.3) is 5.91 Å². The van der Waals surface area contributed by atoms with Crippen LogP contribution in [0.25, 0.3) is 0 Å². The zero-order chi connectivity index (χ0) is 21.4. The third kappa shape index (κ3) is 6.32. The van der Waals surface area contributed by atoms with Gasteiger partial charge in [-0.1, -0.05) is 24.6 Å². The number of aryl methyl sites for hydroxylation is 1. The van der Waals surface area contributed by atoms with E-state index in [2.05, 4.69) is 12.2 Å². The number of amides is 2. The summed E-state index contributed by atoms with van der Waals surface area (Å²) in [6.07, 6.45) is 0.860. The number of hydrogen-bond donors (Lipinski definition) is 1. The van der Waals surface area contributed by atoms with Crippen molar-refractivity contribution in [3.8, 4) is 0 Å². The largest absolute Gasteiger partial charge is 0.377 e. The van der Waals surface area contributed by atoms with Crippen molar-refractivity contribution in [2.24, 2.45) is 0 Å². The molecule has 0 fully saturated rings.